The van der Waals surface area contributed by atoms with Gasteiger partial charge in [-0.05, 0) is 32.9 Å². The lowest BCUT2D eigenvalue weighted by Gasteiger charge is -2.13. The quantitative estimate of drug-likeness (QED) is 0.800. The van der Waals surface area contributed by atoms with E-state index in [-0.39, 0.29) is 11.4 Å². The standard InChI is InChI=1S/C16H15F2N5O/c1-8-6-9(2)23-16(19-8)21-14(22-23)15(24)20-10(3)12-5-4-11(17)7-13(12)18/h4-7,10H,1-3H3,(H,20,24). The van der Waals surface area contributed by atoms with E-state index >= 15 is 0 Å². The van der Waals surface area contributed by atoms with Gasteiger partial charge in [0.1, 0.15) is 11.6 Å². The van der Waals surface area contributed by atoms with Gasteiger partial charge in [0.15, 0.2) is 0 Å². The Kier molecular flexibility index (Phi) is 3.96. The van der Waals surface area contributed by atoms with Crippen LogP contribution in [0.4, 0.5) is 8.78 Å². The van der Waals surface area contributed by atoms with Crippen LogP contribution in [0.3, 0.4) is 0 Å². The van der Waals surface area contributed by atoms with Crippen LogP contribution in [0.2, 0.25) is 0 Å². The van der Waals surface area contributed by atoms with Gasteiger partial charge in [-0.3, -0.25) is 4.79 Å². The van der Waals surface area contributed by atoms with Crippen LogP contribution in [0.1, 0.15) is 40.5 Å². The van der Waals surface area contributed by atoms with E-state index in [1.54, 1.807) is 6.92 Å². The van der Waals surface area contributed by atoms with Gasteiger partial charge in [0, 0.05) is 23.0 Å². The molecule has 1 amide bonds. The third-order valence-electron chi connectivity index (χ3n) is 3.60. The number of rotatable bonds is 3. The smallest absolute Gasteiger partial charge is 0.291 e. The largest absolute Gasteiger partial charge is 0.343 e. The van der Waals surface area contributed by atoms with Crippen LogP contribution in [-0.2, 0) is 0 Å². The lowest BCUT2D eigenvalue weighted by molar-refractivity contribution is 0.0929. The van der Waals surface area contributed by atoms with Gasteiger partial charge in [0.25, 0.3) is 11.7 Å². The molecular formula is C16H15F2N5O. The number of nitrogens with zero attached hydrogens (tertiary/aromatic N) is 4. The molecule has 1 atom stereocenters. The van der Waals surface area contributed by atoms with Crippen LogP contribution in [0.25, 0.3) is 5.78 Å². The number of halogens is 2. The first-order valence-electron chi connectivity index (χ1n) is 7.32. The van der Waals surface area contributed by atoms with E-state index < -0.39 is 23.6 Å². The van der Waals surface area contributed by atoms with E-state index in [0.29, 0.717) is 5.78 Å². The van der Waals surface area contributed by atoms with Crippen LogP contribution in [-0.4, -0.2) is 25.5 Å². The lowest BCUT2D eigenvalue weighted by atomic mass is 10.1. The molecule has 2 aromatic heterocycles. The van der Waals surface area contributed by atoms with Crippen LogP contribution >= 0.6 is 0 Å². The highest BCUT2D eigenvalue weighted by Crippen LogP contribution is 2.18. The first kappa shape index (κ1) is 16.0. The van der Waals surface area contributed by atoms with E-state index in [0.717, 1.165) is 23.5 Å². The Morgan fingerprint density at radius 3 is 2.67 bits per heavy atom. The van der Waals surface area contributed by atoms with E-state index in [2.05, 4.69) is 20.4 Å². The van der Waals surface area contributed by atoms with Crippen molar-refractivity contribution in [3.63, 3.8) is 0 Å². The molecule has 3 rings (SSSR count). The van der Waals surface area contributed by atoms with E-state index in [4.69, 9.17) is 0 Å². The second-order valence-electron chi connectivity index (χ2n) is 5.55. The summed E-state index contributed by atoms with van der Waals surface area (Å²) >= 11 is 0. The summed E-state index contributed by atoms with van der Waals surface area (Å²) in [6.45, 7) is 5.24. The number of benzene rings is 1. The molecule has 1 N–H and O–H groups in total. The molecule has 1 aromatic carbocycles. The van der Waals surface area contributed by atoms with Gasteiger partial charge in [0.05, 0.1) is 6.04 Å². The first-order valence-corrected chi connectivity index (χ1v) is 7.32. The van der Waals surface area contributed by atoms with Gasteiger partial charge < -0.3 is 5.32 Å². The normalized spacial score (nSPS) is 12.4. The van der Waals surface area contributed by atoms with Gasteiger partial charge in [-0.15, -0.1) is 5.10 Å². The number of aryl methyl sites for hydroxylation is 2. The average Bonchev–Trinajstić information content (AvgIpc) is 2.91. The monoisotopic (exact) mass is 331 g/mol. The zero-order valence-corrected chi connectivity index (χ0v) is 13.3. The molecule has 0 fully saturated rings. The van der Waals surface area contributed by atoms with E-state index in [1.165, 1.54) is 10.6 Å². The molecule has 2 heterocycles. The van der Waals surface area contributed by atoms with Crippen LogP contribution in [0.5, 0.6) is 0 Å². The maximum atomic E-state index is 13.8. The fourth-order valence-corrected chi connectivity index (χ4v) is 2.45. The molecular weight excluding hydrogens is 316 g/mol. The van der Waals surface area contributed by atoms with Crippen molar-refractivity contribution in [3.8, 4) is 0 Å². The molecule has 0 spiro atoms. The van der Waals surface area contributed by atoms with Gasteiger partial charge >= 0.3 is 0 Å². The van der Waals surface area contributed by atoms with Gasteiger partial charge in [-0.25, -0.2) is 18.3 Å². The highest BCUT2D eigenvalue weighted by atomic mass is 19.1. The molecule has 0 aliphatic heterocycles. The Morgan fingerprint density at radius 1 is 1.21 bits per heavy atom. The minimum Gasteiger partial charge on any atom is -0.343 e. The van der Waals surface area contributed by atoms with Crippen molar-refractivity contribution in [2.75, 3.05) is 0 Å². The maximum Gasteiger partial charge on any atom is 0.291 e. The Morgan fingerprint density at radius 2 is 1.96 bits per heavy atom. The molecule has 1 unspecified atom stereocenters. The molecule has 0 saturated heterocycles. The molecule has 0 aliphatic rings. The third kappa shape index (κ3) is 2.94. The van der Waals surface area contributed by atoms with Gasteiger partial charge in [0.2, 0.25) is 5.82 Å². The number of aromatic nitrogens is 4. The van der Waals surface area contributed by atoms with Crippen LogP contribution in [0, 0.1) is 25.5 Å². The van der Waals surface area contributed by atoms with E-state index in [1.807, 2.05) is 19.9 Å². The van der Waals surface area contributed by atoms with Crippen molar-refractivity contribution in [1.29, 1.82) is 0 Å². The predicted molar refractivity (Wildman–Crippen MR) is 82.5 cm³/mol. The minimum atomic E-state index is -0.723. The molecule has 3 aromatic rings. The van der Waals surface area contributed by atoms with Crippen molar-refractivity contribution in [2.45, 2.75) is 26.8 Å². The maximum absolute atomic E-state index is 13.8. The zero-order chi connectivity index (χ0) is 17.4. The number of carbonyl (C=O) groups excluding carboxylic acids is 1. The number of hydrogen-bond donors (Lipinski definition) is 1. The number of nitrogens with one attached hydrogen (secondary N) is 1. The summed E-state index contributed by atoms with van der Waals surface area (Å²) in [6.07, 6.45) is 0. The minimum absolute atomic E-state index is 0.0643. The highest BCUT2D eigenvalue weighted by Gasteiger charge is 2.19. The third-order valence-corrected chi connectivity index (χ3v) is 3.60. The Hall–Kier alpha value is -2.90. The summed E-state index contributed by atoms with van der Waals surface area (Å²) < 4.78 is 28.2. The zero-order valence-electron chi connectivity index (χ0n) is 13.3. The van der Waals surface area contributed by atoms with Crippen molar-refractivity contribution < 1.29 is 13.6 Å². The SMILES string of the molecule is Cc1cc(C)n2nc(C(=O)NC(C)c3ccc(F)cc3F)nc2n1. The van der Waals surface area contributed by atoms with Crippen molar-refractivity contribution in [1.82, 2.24) is 24.9 Å². The van der Waals surface area contributed by atoms with Crippen LogP contribution in [0.15, 0.2) is 24.3 Å². The molecule has 6 nitrogen and oxygen atoms in total. The summed E-state index contributed by atoms with van der Waals surface area (Å²) in [5, 5.41) is 6.71. The second kappa shape index (κ2) is 5.95. The second-order valence-corrected chi connectivity index (χ2v) is 5.55. The fourth-order valence-electron chi connectivity index (χ4n) is 2.45. The molecule has 8 heteroatoms. The van der Waals surface area contributed by atoms with Crippen LogP contribution < -0.4 is 5.32 Å². The molecule has 124 valence electrons. The number of hydrogen-bond acceptors (Lipinski definition) is 4. The van der Waals surface area contributed by atoms with E-state index in [9.17, 15) is 13.6 Å². The predicted octanol–water partition coefficient (Wildman–Crippen LogP) is 2.51. The number of fused-ring (bicyclic) bond motifs is 1. The molecule has 24 heavy (non-hydrogen) atoms. The Balaban J connectivity index is 1.85. The molecule has 0 bridgehead atoms. The number of carbonyl (C=O) groups is 1. The Labute approximate surface area is 136 Å². The van der Waals surface area contributed by atoms with Crippen molar-refractivity contribution >= 4 is 11.7 Å². The van der Waals surface area contributed by atoms with Crippen molar-refractivity contribution in [2.24, 2.45) is 0 Å². The van der Waals surface area contributed by atoms with Crippen molar-refractivity contribution in [3.05, 3.63) is 58.7 Å². The summed E-state index contributed by atoms with van der Waals surface area (Å²) in [6, 6.07) is 4.36. The molecule has 0 radical (unpaired) electrons. The van der Waals surface area contributed by atoms with Gasteiger partial charge in [-0.2, -0.15) is 4.98 Å². The molecule has 0 aliphatic carbocycles. The summed E-state index contributed by atoms with van der Waals surface area (Å²) in [5.74, 6) is -1.70. The summed E-state index contributed by atoms with van der Waals surface area (Å²) in [4.78, 5) is 20.6. The first-order chi connectivity index (χ1) is 11.3. The molecule has 0 saturated carbocycles. The fraction of sp³-hybridized carbons (Fsp3) is 0.250. The summed E-state index contributed by atoms with van der Waals surface area (Å²) in [5.41, 5.74) is 1.74. The number of amides is 1. The average molecular weight is 331 g/mol. The topological polar surface area (TPSA) is 72.2 Å². The highest BCUT2D eigenvalue weighted by molar-refractivity contribution is 5.91. The van der Waals surface area contributed by atoms with Gasteiger partial charge in [-0.1, -0.05) is 6.07 Å². The Bertz CT molecular complexity index is 938. The lowest BCUT2D eigenvalue weighted by Crippen LogP contribution is -2.28. The summed E-state index contributed by atoms with van der Waals surface area (Å²) in [7, 11) is 0.